The molecular weight excluding hydrogens is 275 g/mol. The molecule has 0 bridgehead atoms. The predicted molar refractivity (Wildman–Crippen MR) is 76.3 cm³/mol. The van der Waals surface area contributed by atoms with Crippen LogP contribution < -0.4 is 10.1 Å². The monoisotopic (exact) mass is 290 g/mol. The molecule has 0 aliphatic heterocycles. The van der Waals surface area contributed by atoms with Crippen molar-refractivity contribution in [3.05, 3.63) is 53.5 Å². The molecule has 0 saturated carbocycles. The molecule has 0 amide bonds. The van der Waals surface area contributed by atoms with E-state index in [9.17, 15) is 9.18 Å². The van der Waals surface area contributed by atoms with Crippen molar-refractivity contribution in [2.45, 2.75) is 6.42 Å². The fraction of sp³-hybridized carbons (Fsp3) is 0.200. The average molecular weight is 290 g/mol. The molecule has 0 aliphatic rings. The molecule has 2 rings (SSSR count). The van der Waals surface area contributed by atoms with Gasteiger partial charge in [0.2, 0.25) is 0 Å². The largest absolute Gasteiger partial charge is 0.496 e. The maximum atomic E-state index is 13.9. The zero-order valence-electron chi connectivity index (χ0n) is 11.5. The van der Waals surface area contributed by atoms with Gasteiger partial charge in [-0.3, -0.25) is 0 Å². The summed E-state index contributed by atoms with van der Waals surface area (Å²) >= 11 is 0. The number of carbonyl (C=O) groups is 1. The van der Waals surface area contributed by atoms with E-state index in [4.69, 9.17) is 9.84 Å². The minimum absolute atomic E-state index is 0.0650. The summed E-state index contributed by atoms with van der Waals surface area (Å²) in [7, 11) is 1.59. The number of aromatic carboxylic acids is 1. The molecule has 1 aromatic heterocycles. The molecule has 2 aromatic rings. The van der Waals surface area contributed by atoms with Gasteiger partial charge in [0.05, 0.1) is 7.11 Å². The fourth-order valence-electron chi connectivity index (χ4n) is 1.96. The second kappa shape index (κ2) is 6.69. The molecule has 2 N–H and O–H groups in total. The third-order valence-corrected chi connectivity index (χ3v) is 3.00. The van der Waals surface area contributed by atoms with Crippen LogP contribution >= 0.6 is 0 Å². The standard InChI is InChI=1S/C15H15FN2O3/c1-21-12-5-3-2-4-10(12)6-8-17-14-13(16)11(15(19)20)7-9-18-14/h2-5,7,9H,6,8H2,1H3,(H,17,18)(H,19,20). The van der Waals surface area contributed by atoms with Gasteiger partial charge >= 0.3 is 5.97 Å². The number of pyridine rings is 1. The van der Waals surface area contributed by atoms with Gasteiger partial charge in [-0.15, -0.1) is 0 Å². The molecule has 0 fully saturated rings. The Morgan fingerprint density at radius 1 is 1.38 bits per heavy atom. The van der Waals surface area contributed by atoms with E-state index in [1.54, 1.807) is 7.11 Å². The minimum atomic E-state index is -1.32. The summed E-state index contributed by atoms with van der Waals surface area (Å²) in [6.07, 6.45) is 1.86. The summed E-state index contributed by atoms with van der Waals surface area (Å²) in [5.74, 6) is -1.48. The first-order valence-corrected chi connectivity index (χ1v) is 6.37. The zero-order valence-corrected chi connectivity index (χ0v) is 11.5. The quantitative estimate of drug-likeness (QED) is 0.855. The lowest BCUT2D eigenvalue weighted by Gasteiger charge is -2.10. The Bertz CT molecular complexity index is 647. The normalized spacial score (nSPS) is 10.2. The first kappa shape index (κ1) is 14.8. The van der Waals surface area contributed by atoms with E-state index in [1.165, 1.54) is 6.20 Å². The van der Waals surface area contributed by atoms with Crippen molar-refractivity contribution >= 4 is 11.8 Å². The van der Waals surface area contributed by atoms with Crippen LogP contribution in [0.3, 0.4) is 0 Å². The van der Waals surface area contributed by atoms with Crippen molar-refractivity contribution < 1.29 is 19.0 Å². The van der Waals surface area contributed by atoms with Crippen LogP contribution in [0.15, 0.2) is 36.5 Å². The highest BCUT2D eigenvalue weighted by molar-refractivity contribution is 5.88. The Balaban J connectivity index is 2.04. The third-order valence-electron chi connectivity index (χ3n) is 3.00. The summed E-state index contributed by atoms with van der Waals surface area (Å²) in [6, 6.07) is 8.65. The van der Waals surface area contributed by atoms with Crippen molar-refractivity contribution in [3.8, 4) is 5.75 Å². The van der Waals surface area contributed by atoms with Gasteiger partial charge in [0.25, 0.3) is 0 Å². The predicted octanol–water partition coefficient (Wildman–Crippen LogP) is 2.58. The first-order chi connectivity index (χ1) is 10.1. The van der Waals surface area contributed by atoms with Gasteiger partial charge in [0.15, 0.2) is 11.6 Å². The second-order valence-corrected chi connectivity index (χ2v) is 4.31. The van der Waals surface area contributed by atoms with E-state index >= 15 is 0 Å². The van der Waals surface area contributed by atoms with E-state index in [0.717, 1.165) is 17.4 Å². The number of methoxy groups -OCH3 is 1. The lowest BCUT2D eigenvalue weighted by molar-refractivity contribution is 0.0692. The van der Waals surface area contributed by atoms with Crippen LogP contribution in [0.1, 0.15) is 15.9 Å². The second-order valence-electron chi connectivity index (χ2n) is 4.31. The summed E-state index contributed by atoms with van der Waals surface area (Å²) in [5.41, 5.74) is 0.576. The highest BCUT2D eigenvalue weighted by Crippen LogP contribution is 2.19. The Morgan fingerprint density at radius 2 is 2.14 bits per heavy atom. The molecule has 0 radical (unpaired) electrons. The minimum Gasteiger partial charge on any atom is -0.496 e. The number of nitrogens with zero attached hydrogens (tertiary/aromatic N) is 1. The summed E-state index contributed by atoms with van der Waals surface area (Å²) in [4.78, 5) is 14.7. The molecule has 0 aliphatic carbocycles. The van der Waals surface area contributed by atoms with Gasteiger partial charge in [0, 0.05) is 12.7 Å². The molecule has 5 nitrogen and oxygen atoms in total. The van der Waals surface area contributed by atoms with Crippen molar-refractivity contribution in [1.29, 1.82) is 0 Å². The van der Waals surface area contributed by atoms with E-state index < -0.39 is 17.3 Å². The van der Waals surface area contributed by atoms with Crippen molar-refractivity contribution in [2.24, 2.45) is 0 Å². The molecule has 0 saturated heterocycles. The number of ether oxygens (including phenoxy) is 1. The maximum absolute atomic E-state index is 13.9. The number of hydrogen-bond donors (Lipinski definition) is 2. The summed E-state index contributed by atoms with van der Waals surface area (Å²) in [5, 5.41) is 11.7. The zero-order chi connectivity index (χ0) is 15.2. The SMILES string of the molecule is COc1ccccc1CCNc1nccc(C(=O)O)c1F. The molecule has 1 aromatic carbocycles. The molecule has 0 unspecified atom stereocenters. The molecular formula is C15H15FN2O3. The molecule has 0 spiro atoms. The fourth-order valence-corrected chi connectivity index (χ4v) is 1.96. The number of carboxylic acid groups (broad SMARTS) is 1. The van der Waals surface area contributed by atoms with Gasteiger partial charge in [-0.2, -0.15) is 0 Å². The molecule has 0 atom stereocenters. The van der Waals surface area contributed by atoms with Crippen molar-refractivity contribution in [2.75, 3.05) is 19.0 Å². The first-order valence-electron chi connectivity index (χ1n) is 6.37. The van der Waals surface area contributed by atoms with Crippen molar-refractivity contribution in [1.82, 2.24) is 4.98 Å². The molecule has 6 heteroatoms. The average Bonchev–Trinajstić information content (AvgIpc) is 2.49. The molecule has 21 heavy (non-hydrogen) atoms. The number of nitrogens with one attached hydrogen (secondary N) is 1. The Labute approximate surface area is 121 Å². The number of para-hydroxylation sites is 1. The van der Waals surface area contributed by atoms with E-state index in [2.05, 4.69) is 10.3 Å². The van der Waals surface area contributed by atoms with Crippen LogP contribution in [-0.2, 0) is 6.42 Å². The van der Waals surface area contributed by atoms with Gasteiger partial charge in [-0.1, -0.05) is 18.2 Å². The number of aromatic nitrogens is 1. The van der Waals surface area contributed by atoms with Gasteiger partial charge in [0.1, 0.15) is 11.3 Å². The summed E-state index contributed by atoms with van der Waals surface area (Å²) < 4.78 is 19.1. The van der Waals surface area contributed by atoms with Crippen LogP contribution in [0.4, 0.5) is 10.2 Å². The van der Waals surface area contributed by atoms with Crippen LogP contribution in [0.5, 0.6) is 5.75 Å². The molecule has 1 heterocycles. The number of rotatable bonds is 6. The lowest BCUT2D eigenvalue weighted by atomic mass is 10.1. The topological polar surface area (TPSA) is 71.5 Å². The molecule has 110 valence electrons. The van der Waals surface area contributed by atoms with E-state index in [-0.39, 0.29) is 5.82 Å². The lowest BCUT2D eigenvalue weighted by Crippen LogP contribution is -2.11. The number of carboxylic acids is 1. The van der Waals surface area contributed by atoms with Gasteiger partial charge in [-0.05, 0) is 24.1 Å². The highest BCUT2D eigenvalue weighted by Gasteiger charge is 2.14. The number of benzene rings is 1. The van der Waals surface area contributed by atoms with E-state index in [1.807, 2.05) is 24.3 Å². The Hall–Kier alpha value is -2.63. The highest BCUT2D eigenvalue weighted by atomic mass is 19.1. The van der Waals surface area contributed by atoms with Crippen LogP contribution in [0.2, 0.25) is 0 Å². The maximum Gasteiger partial charge on any atom is 0.338 e. The van der Waals surface area contributed by atoms with Gasteiger partial charge < -0.3 is 15.2 Å². The summed E-state index contributed by atoms with van der Waals surface area (Å²) in [6.45, 7) is 0.410. The number of anilines is 1. The Kier molecular flexibility index (Phi) is 4.71. The van der Waals surface area contributed by atoms with Gasteiger partial charge in [-0.25, -0.2) is 14.2 Å². The van der Waals surface area contributed by atoms with Crippen LogP contribution in [-0.4, -0.2) is 29.7 Å². The smallest absolute Gasteiger partial charge is 0.338 e. The third kappa shape index (κ3) is 3.47. The van der Waals surface area contributed by atoms with Crippen LogP contribution in [0, 0.1) is 5.82 Å². The van der Waals surface area contributed by atoms with Crippen molar-refractivity contribution in [3.63, 3.8) is 0 Å². The van der Waals surface area contributed by atoms with Crippen LogP contribution in [0.25, 0.3) is 0 Å². The number of hydrogen-bond acceptors (Lipinski definition) is 4. The Morgan fingerprint density at radius 3 is 2.86 bits per heavy atom. The van der Waals surface area contributed by atoms with E-state index in [0.29, 0.717) is 13.0 Å². The number of halogens is 1.